The van der Waals surface area contributed by atoms with Crippen molar-refractivity contribution in [3.63, 3.8) is 0 Å². The van der Waals surface area contributed by atoms with Gasteiger partial charge < -0.3 is 20.4 Å². The lowest BCUT2D eigenvalue weighted by molar-refractivity contribution is -0.133. The van der Waals surface area contributed by atoms with Crippen molar-refractivity contribution < 1.29 is 19.2 Å². The van der Waals surface area contributed by atoms with E-state index in [2.05, 4.69) is 15.6 Å². The number of rotatable bonds is 4. The van der Waals surface area contributed by atoms with Gasteiger partial charge in [0.15, 0.2) is 0 Å². The second-order valence-electron chi connectivity index (χ2n) is 8.19. The SMILES string of the molecule is N#Cc1ccc(C(=O)N2CCN(C(=O)c3cccnc3)[C@@H](C(=O)N[C@H]3CCCNC3=O)C2)cc1. The van der Waals surface area contributed by atoms with Crippen molar-refractivity contribution in [1.82, 2.24) is 25.4 Å². The van der Waals surface area contributed by atoms with Gasteiger partial charge in [-0.2, -0.15) is 5.26 Å². The number of nitrogens with zero attached hydrogens (tertiary/aromatic N) is 4. The zero-order valence-corrected chi connectivity index (χ0v) is 18.4. The monoisotopic (exact) mass is 460 g/mol. The van der Waals surface area contributed by atoms with Crippen LogP contribution in [0.5, 0.6) is 0 Å². The lowest BCUT2D eigenvalue weighted by Crippen LogP contribution is -2.63. The Balaban J connectivity index is 1.56. The number of carbonyl (C=O) groups excluding carboxylic acids is 4. The average Bonchev–Trinajstić information content (AvgIpc) is 2.89. The first kappa shape index (κ1) is 22.9. The molecule has 2 saturated heterocycles. The van der Waals surface area contributed by atoms with E-state index in [0.717, 1.165) is 6.42 Å². The van der Waals surface area contributed by atoms with Gasteiger partial charge >= 0.3 is 0 Å². The number of piperazine rings is 1. The first-order chi connectivity index (χ1) is 16.5. The van der Waals surface area contributed by atoms with E-state index < -0.39 is 18.0 Å². The summed E-state index contributed by atoms with van der Waals surface area (Å²) in [6, 6.07) is 9.86. The van der Waals surface area contributed by atoms with Crippen molar-refractivity contribution in [2.75, 3.05) is 26.2 Å². The van der Waals surface area contributed by atoms with E-state index in [1.807, 2.05) is 6.07 Å². The third kappa shape index (κ3) is 4.88. The number of hydrogen-bond acceptors (Lipinski definition) is 6. The normalized spacial score (nSPS) is 20.1. The van der Waals surface area contributed by atoms with Gasteiger partial charge in [0.05, 0.1) is 23.7 Å². The molecule has 0 unspecified atom stereocenters. The number of amides is 4. The molecule has 2 fully saturated rings. The molecule has 10 nitrogen and oxygen atoms in total. The van der Waals surface area contributed by atoms with Crippen molar-refractivity contribution in [3.8, 4) is 6.07 Å². The molecule has 0 spiro atoms. The minimum atomic E-state index is -0.974. The van der Waals surface area contributed by atoms with Crippen LogP contribution < -0.4 is 10.6 Å². The van der Waals surface area contributed by atoms with Crippen LogP contribution in [0.1, 0.15) is 39.1 Å². The maximum Gasteiger partial charge on any atom is 0.256 e. The molecule has 10 heteroatoms. The minimum Gasteiger partial charge on any atom is -0.354 e. The number of pyridine rings is 1. The van der Waals surface area contributed by atoms with Gasteiger partial charge in [-0.05, 0) is 49.2 Å². The quantitative estimate of drug-likeness (QED) is 0.674. The van der Waals surface area contributed by atoms with Gasteiger partial charge in [0.2, 0.25) is 11.8 Å². The molecule has 174 valence electrons. The molecular formula is C24H24N6O4. The van der Waals surface area contributed by atoms with E-state index in [-0.39, 0.29) is 37.4 Å². The summed E-state index contributed by atoms with van der Waals surface area (Å²) in [5.74, 6) is -1.42. The predicted octanol–water partition coefficient (Wildman–Crippen LogP) is 0.315. The van der Waals surface area contributed by atoms with Crippen LogP contribution in [-0.2, 0) is 9.59 Å². The van der Waals surface area contributed by atoms with Gasteiger partial charge in [-0.15, -0.1) is 0 Å². The van der Waals surface area contributed by atoms with E-state index in [1.54, 1.807) is 42.6 Å². The highest BCUT2D eigenvalue weighted by molar-refractivity contribution is 6.00. The predicted molar refractivity (Wildman–Crippen MR) is 120 cm³/mol. The van der Waals surface area contributed by atoms with Crippen LogP contribution >= 0.6 is 0 Å². The number of benzene rings is 1. The molecule has 2 N–H and O–H groups in total. The fourth-order valence-electron chi connectivity index (χ4n) is 4.14. The van der Waals surface area contributed by atoms with E-state index >= 15 is 0 Å². The third-order valence-corrected chi connectivity index (χ3v) is 6.00. The smallest absolute Gasteiger partial charge is 0.256 e. The number of nitrogens with one attached hydrogen (secondary N) is 2. The standard InChI is InChI=1S/C24H24N6O4/c25-13-16-5-7-17(8-6-16)23(33)29-11-12-30(24(34)18-3-1-9-26-14-18)20(15-29)22(32)28-19-4-2-10-27-21(19)31/h1,3,5-9,14,19-20H,2,4,10-12,15H2,(H,27,31)(H,28,32)/t19-,20+/m0/s1. The van der Waals surface area contributed by atoms with Crippen LogP contribution in [0.4, 0.5) is 0 Å². The van der Waals surface area contributed by atoms with E-state index in [1.165, 1.54) is 16.0 Å². The summed E-state index contributed by atoms with van der Waals surface area (Å²) < 4.78 is 0. The molecule has 3 heterocycles. The Hall–Kier alpha value is -4.26. The molecule has 2 aliphatic heterocycles. The first-order valence-corrected chi connectivity index (χ1v) is 11.1. The fraction of sp³-hybridized carbons (Fsp3) is 0.333. The van der Waals surface area contributed by atoms with Gasteiger partial charge in [0, 0.05) is 37.6 Å². The lowest BCUT2D eigenvalue weighted by Gasteiger charge is -2.41. The molecule has 0 saturated carbocycles. The van der Waals surface area contributed by atoms with Gasteiger partial charge in [-0.3, -0.25) is 24.2 Å². The molecule has 2 aromatic rings. The largest absolute Gasteiger partial charge is 0.354 e. The average molecular weight is 460 g/mol. The van der Waals surface area contributed by atoms with Crippen molar-refractivity contribution in [2.24, 2.45) is 0 Å². The summed E-state index contributed by atoms with van der Waals surface area (Å²) in [7, 11) is 0. The Morgan fingerprint density at radius 3 is 2.56 bits per heavy atom. The Morgan fingerprint density at radius 2 is 1.88 bits per heavy atom. The van der Waals surface area contributed by atoms with Crippen LogP contribution in [0.15, 0.2) is 48.8 Å². The molecule has 0 aliphatic carbocycles. The zero-order valence-electron chi connectivity index (χ0n) is 18.4. The van der Waals surface area contributed by atoms with E-state index in [0.29, 0.717) is 29.7 Å². The van der Waals surface area contributed by atoms with Crippen LogP contribution in [-0.4, -0.2) is 76.7 Å². The van der Waals surface area contributed by atoms with E-state index in [9.17, 15) is 19.2 Å². The maximum absolute atomic E-state index is 13.3. The van der Waals surface area contributed by atoms with Gasteiger partial charge in [-0.25, -0.2) is 0 Å². The number of aromatic nitrogens is 1. The highest BCUT2D eigenvalue weighted by atomic mass is 16.2. The molecule has 34 heavy (non-hydrogen) atoms. The highest BCUT2D eigenvalue weighted by Crippen LogP contribution is 2.18. The third-order valence-electron chi connectivity index (χ3n) is 6.00. The molecule has 1 aromatic carbocycles. The van der Waals surface area contributed by atoms with Gasteiger partial charge in [-0.1, -0.05) is 0 Å². The molecule has 2 atom stereocenters. The van der Waals surface area contributed by atoms with Crippen LogP contribution in [0.25, 0.3) is 0 Å². The second kappa shape index (κ2) is 10.1. The molecular weight excluding hydrogens is 436 g/mol. The fourth-order valence-corrected chi connectivity index (χ4v) is 4.14. The topological polar surface area (TPSA) is 136 Å². The number of nitriles is 1. The minimum absolute atomic E-state index is 0.0228. The summed E-state index contributed by atoms with van der Waals surface area (Å²) >= 11 is 0. The Bertz CT molecular complexity index is 1130. The van der Waals surface area contributed by atoms with Crippen LogP contribution in [0, 0.1) is 11.3 Å². The second-order valence-corrected chi connectivity index (χ2v) is 8.19. The number of hydrogen-bond donors (Lipinski definition) is 2. The summed E-state index contributed by atoms with van der Waals surface area (Å²) in [5.41, 5.74) is 1.16. The van der Waals surface area contributed by atoms with Crippen molar-refractivity contribution in [3.05, 3.63) is 65.5 Å². The Labute approximate surface area is 196 Å². The molecule has 4 amide bonds. The molecule has 0 radical (unpaired) electrons. The molecule has 4 rings (SSSR count). The summed E-state index contributed by atoms with van der Waals surface area (Å²) in [4.78, 5) is 58.6. The van der Waals surface area contributed by atoms with Crippen molar-refractivity contribution in [1.29, 1.82) is 5.26 Å². The van der Waals surface area contributed by atoms with E-state index in [4.69, 9.17) is 5.26 Å². The zero-order chi connectivity index (χ0) is 24.1. The van der Waals surface area contributed by atoms with Gasteiger partial charge in [0.1, 0.15) is 12.1 Å². The maximum atomic E-state index is 13.3. The Morgan fingerprint density at radius 1 is 1.09 bits per heavy atom. The van der Waals surface area contributed by atoms with Crippen molar-refractivity contribution >= 4 is 23.6 Å². The molecule has 1 aromatic heterocycles. The number of piperidine rings is 1. The summed E-state index contributed by atoms with van der Waals surface area (Å²) in [6.45, 7) is 0.918. The molecule has 0 bridgehead atoms. The van der Waals surface area contributed by atoms with Gasteiger partial charge in [0.25, 0.3) is 11.8 Å². The Kier molecular flexibility index (Phi) is 6.82. The number of carbonyl (C=O) groups is 4. The molecule has 2 aliphatic rings. The van der Waals surface area contributed by atoms with Crippen molar-refractivity contribution in [2.45, 2.75) is 24.9 Å². The highest BCUT2D eigenvalue weighted by Gasteiger charge is 2.39. The van der Waals surface area contributed by atoms with Crippen LogP contribution in [0.2, 0.25) is 0 Å². The van der Waals surface area contributed by atoms with Crippen LogP contribution in [0.3, 0.4) is 0 Å². The summed E-state index contributed by atoms with van der Waals surface area (Å²) in [5, 5.41) is 14.5. The first-order valence-electron chi connectivity index (χ1n) is 11.1. The summed E-state index contributed by atoms with van der Waals surface area (Å²) in [6.07, 6.45) is 4.23. The lowest BCUT2D eigenvalue weighted by atomic mass is 10.0.